The van der Waals surface area contributed by atoms with E-state index in [0.717, 1.165) is 35.9 Å². The van der Waals surface area contributed by atoms with E-state index in [-0.39, 0.29) is 5.56 Å². The van der Waals surface area contributed by atoms with E-state index in [1.807, 2.05) is 32.9 Å². The van der Waals surface area contributed by atoms with Gasteiger partial charge in [-0.2, -0.15) is 0 Å². The van der Waals surface area contributed by atoms with Crippen LogP contribution in [0.2, 0.25) is 0 Å². The molecule has 174 valence electrons. The molecular weight excluding hydrogens is 400 g/mol. The maximum Gasteiger partial charge on any atom is 0.256 e. The van der Waals surface area contributed by atoms with Gasteiger partial charge in [-0.1, -0.05) is 30.7 Å². The van der Waals surface area contributed by atoms with Crippen LogP contribution in [0, 0.1) is 12.8 Å². The Hall–Kier alpha value is -2.60. The van der Waals surface area contributed by atoms with Gasteiger partial charge in [0.15, 0.2) is 0 Å². The van der Waals surface area contributed by atoms with Crippen molar-refractivity contribution in [2.75, 3.05) is 31.6 Å². The molecule has 2 aromatic rings. The second kappa shape index (κ2) is 11.9. The summed E-state index contributed by atoms with van der Waals surface area (Å²) < 4.78 is 5.95. The number of rotatable bonds is 10. The normalized spacial score (nSPS) is 14.9. The Balaban J connectivity index is 1.42. The van der Waals surface area contributed by atoms with Crippen molar-refractivity contribution >= 4 is 5.95 Å². The molecule has 0 bridgehead atoms. The van der Waals surface area contributed by atoms with Crippen molar-refractivity contribution in [3.05, 3.63) is 63.1 Å². The van der Waals surface area contributed by atoms with Crippen LogP contribution in [0.5, 0.6) is 5.75 Å². The molecule has 3 rings (SSSR count). The molecule has 1 aromatic carbocycles. The van der Waals surface area contributed by atoms with Gasteiger partial charge in [0.1, 0.15) is 5.75 Å². The fourth-order valence-electron chi connectivity index (χ4n) is 3.92. The summed E-state index contributed by atoms with van der Waals surface area (Å²) in [7, 11) is 0. The Morgan fingerprint density at radius 1 is 1.31 bits per heavy atom. The van der Waals surface area contributed by atoms with Crippen LogP contribution in [0.4, 0.5) is 5.95 Å². The van der Waals surface area contributed by atoms with Crippen LogP contribution in [-0.2, 0) is 13.0 Å². The topological polar surface area (TPSA) is 70.2 Å². The number of H-pyrrole nitrogens is 1. The molecule has 1 fully saturated rings. The van der Waals surface area contributed by atoms with E-state index >= 15 is 0 Å². The Morgan fingerprint density at radius 3 is 2.81 bits per heavy atom. The highest BCUT2D eigenvalue weighted by atomic mass is 16.5. The molecular formula is C26H38N4O2. The van der Waals surface area contributed by atoms with Gasteiger partial charge in [0.25, 0.3) is 5.56 Å². The summed E-state index contributed by atoms with van der Waals surface area (Å²) in [4.78, 5) is 22.2. The highest BCUT2D eigenvalue weighted by molar-refractivity contribution is 5.31. The molecule has 1 saturated heterocycles. The monoisotopic (exact) mass is 438 g/mol. The molecule has 1 aliphatic heterocycles. The molecule has 1 aliphatic rings. The van der Waals surface area contributed by atoms with E-state index in [9.17, 15) is 4.79 Å². The predicted octanol–water partition coefficient (Wildman–Crippen LogP) is 4.70. The third-order valence-corrected chi connectivity index (χ3v) is 6.00. The predicted molar refractivity (Wildman–Crippen MR) is 131 cm³/mol. The van der Waals surface area contributed by atoms with Crippen LogP contribution in [0.15, 0.2) is 40.7 Å². The second-order valence-electron chi connectivity index (χ2n) is 9.20. The summed E-state index contributed by atoms with van der Waals surface area (Å²) in [6, 6.07) is 8.42. The van der Waals surface area contributed by atoms with Crippen molar-refractivity contribution in [2.24, 2.45) is 5.92 Å². The molecule has 0 saturated carbocycles. The first kappa shape index (κ1) is 24.1. The SMILES string of the molecule is CC(C)=CCc1c(C)nc(NCCCOc2cccc(CN3CCC(C)CC3)c2)[nH]c1=O. The average molecular weight is 439 g/mol. The van der Waals surface area contributed by atoms with Gasteiger partial charge in [0, 0.05) is 18.7 Å². The minimum atomic E-state index is -0.0753. The maximum absolute atomic E-state index is 12.3. The van der Waals surface area contributed by atoms with Crippen molar-refractivity contribution < 1.29 is 4.74 Å². The summed E-state index contributed by atoms with van der Waals surface area (Å²) in [6.45, 7) is 12.9. The Morgan fingerprint density at radius 2 is 2.09 bits per heavy atom. The number of allylic oxidation sites excluding steroid dienone is 2. The van der Waals surface area contributed by atoms with Crippen molar-refractivity contribution in [1.82, 2.24) is 14.9 Å². The molecule has 0 unspecified atom stereocenters. The van der Waals surface area contributed by atoms with E-state index < -0.39 is 0 Å². The first-order valence-corrected chi connectivity index (χ1v) is 11.8. The molecule has 32 heavy (non-hydrogen) atoms. The minimum absolute atomic E-state index is 0.0753. The number of anilines is 1. The number of benzene rings is 1. The number of hydrogen-bond donors (Lipinski definition) is 2. The van der Waals surface area contributed by atoms with Gasteiger partial charge in [0.05, 0.1) is 12.3 Å². The largest absolute Gasteiger partial charge is 0.494 e. The van der Waals surface area contributed by atoms with Crippen molar-refractivity contribution in [3.63, 3.8) is 0 Å². The smallest absolute Gasteiger partial charge is 0.256 e. The van der Waals surface area contributed by atoms with Gasteiger partial charge in [-0.15, -0.1) is 0 Å². The lowest BCUT2D eigenvalue weighted by Gasteiger charge is -2.30. The summed E-state index contributed by atoms with van der Waals surface area (Å²) in [5.74, 6) is 2.29. The molecule has 0 atom stereocenters. The first-order valence-electron chi connectivity index (χ1n) is 11.8. The molecule has 2 N–H and O–H groups in total. The number of nitrogens with one attached hydrogen (secondary N) is 2. The number of aromatic nitrogens is 2. The van der Waals surface area contributed by atoms with E-state index in [1.165, 1.54) is 37.1 Å². The number of likely N-dealkylation sites (tertiary alicyclic amines) is 1. The van der Waals surface area contributed by atoms with Crippen LogP contribution in [0.1, 0.15) is 56.9 Å². The zero-order valence-corrected chi connectivity index (χ0v) is 20.0. The lowest BCUT2D eigenvalue weighted by atomic mass is 9.99. The molecule has 6 heteroatoms. The minimum Gasteiger partial charge on any atom is -0.494 e. The Labute approximate surface area is 192 Å². The standard InChI is InChI=1S/C26H38N4O2/c1-19(2)9-10-24-21(4)28-26(29-25(24)31)27-13-6-16-32-23-8-5-7-22(17-23)18-30-14-11-20(3)12-15-30/h5,7-9,17,20H,6,10-16,18H2,1-4H3,(H2,27,28,29,31). The number of aryl methyl sites for hydroxylation is 1. The van der Waals surface area contributed by atoms with E-state index in [1.54, 1.807) is 0 Å². The zero-order chi connectivity index (χ0) is 22.9. The fraction of sp³-hybridized carbons (Fsp3) is 0.538. The summed E-state index contributed by atoms with van der Waals surface area (Å²) in [5.41, 5.74) is 3.91. The quantitative estimate of drug-likeness (QED) is 0.416. The highest BCUT2D eigenvalue weighted by Crippen LogP contribution is 2.20. The molecule has 0 aliphatic carbocycles. The van der Waals surface area contributed by atoms with E-state index in [2.05, 4.69) is 45.3 Å². The van der Waals surface area contributed by atoms with Gasteiger partial charge in [0.2, 0.25) is 5.95 Å². The second-order valence-corrected chi connectivity index (χ2v) is 9.20. The first-order chi connectivity index (χ1) is 15.4. The van der Waals surface area contributed by atoms with Crippen LogP contribution in [0.25, 0.3) is 0 Å². The van der Waals surface area contributed by atoms with Crippen LogP contribution in [0.3, 0.4) is 0 Å². The highest BCUT2D eigenvalue weighted by Gasteiger charge is 2.15. The van der Waals surface area contributed by atoms with Gasteiger partial charge < -0.3 is 10.1 Å². The van der Waals surface area contributed by atoms with E-state index in [0.29, 0.717) is 25.5 Å². The van der Waals surface area contributed by atoms with Crippen molar-refractivity contribution in [3.8, 4) is 5.75 Å². The average Bonchev–Trinajstić information content (AvgIpc) is 2.75. The van der Waals surface area contributed by atoms with Gasteiger partial charge in [-0.25, -0.2) is 4.98 Å². The number of hydrogen-bond acceptors (Lipinski definition) is 5. The zero-order valence-electron chi connectivity index (χ0n) is 20.0. The van der Waals surface area contributed by atoms with Gasteiger partial charge >= 0.3 is 0 Å². The van der Waals surface area contributed by atoms with Gasteiger partial charge in [-0.05, 0) is 83.2 Å². The summed E-state index contributed by atoms with van der Waals surface area (Å²) in [6.07, 6.45) is 6.06. The fourth-order valence-corrected chi connectivity index (χ4v) is 3.92. The lowest BCUT2D eigenvalue weighted by Crippen LogP contribution is -2.32. The molecule has 6 nitrogen and oxygen atoms in total. The number of piperidine rings is 1. The number of ether oxygens (including phenoxy) is 1. The van der Waals surface area contributed by atoms with Crippen molar-refractivity contribution in [2.45, 2.75) is 59.9 Å². The number of nitrogens with zero attached hydrogens (tertiary/aromatic N) is 2. The third-order valence-electron chi connectivity index (χ3n) is 6.00. The molecule has 2 heterocycles. The van der Waals surface area contributed by atoms with E-state index in [4.69, 9.17) is 4.74 Å². The van der Waals surface area contributed by atoms with Crippen LogP contribution < -0.4 is 15.6 Å². The van der Waals surface area contributed by atoms with Gasteiger partial charge in [-0.3, -0.25) is 14.7 Å². The molecule has 0 radical (unpaired) electrons. The Bertz CT molecular complexity index is 955. The molecule has 0 amide bonds. The van der Waals surface area contributed by atoms with Crippen LogP contribution >= 0.6 is 0 Å². The lowest BCUT2D eigenvalue weighted by molar-refractivity contribution is 0.185. The number of aromatic amines is 1. The third kappa shape index (κ3) is 7.52. The molecule has 0 spiro atoms. The van der Waals surface area contributed by atoms with Crippen LogP contribution in [-0.4, -0.2) is 41.1 Å². The summed E-state index contributed by atoms with van der Waals surface area (Å²) in [5, 5.41) is 3.21. The maximum atomic E-state index is 12.3. The summed E-state index contributed by atoms with van der Waals surface area (Å²) >= 11 is 0. The molecule has 1 aromatic heterocycles. The van der Waals surface area contributed by atoms with Crippen molar-refractivity contribution in [1.29, 1.82) is 0 Å². The Kier molecular flexibility index (Phi) is 8.91.